The molecule has 0 spiro atoms. The zero-order valence-corrected chi connectivity index (χ0v) is 15.4. The molecular formula is C19H25N5O2. The van der Waals surface area contributed by atoms with Crippen LogP contribution in [0.3, 0.4) is 0 Å². The molecule has 3 aliphatic rings. The molecule has 3 heterocycles. The van der Waals surface area contributed by atoms with Crippen LogP contribution in [0.15, 0.2) is 10.7 Å². The first-order chi connectivity index (χ1) is 12.6. The van der Waals surface area contributed by atoms with E-state index in [4.69, 9.17) is 4.52 Å². The van der Waals surface area contributed by atoms with E-state index in [-0.39, 0.29) is 11.3 Å². The van der Waals surface area contributed by atoms with Crippen molar-refractivity contribution in [2.75, 3.05) is 13.1 Å². The lowest BCUT2D eigenvalue weighted by atomic mass is 9.80. The Balaban J connectivity index is 1.46. The molecule has 0 radical (unpaired) electrons. The van der Waals surface area contributed by atoms with Crippen LogP contribution in [0.2, 0.25) is 0 Å². The minimum absolute atomic E-state index is 0.108. The van der Waals surface area contributed by atoms with E-state index in [1.165, 1.54) is 19.3 Å². The van der Waals surface area contributed by atoms with Crippen molar-refractivity contribution < 1.29 is 9.32 Å². The molecule has 1 aliphatic heterocycles. The summed E-state index contributed by atoms with van der Waals surface area (Å²) in [5.74, 6) is 2.40. The van der Waals surface area contributed by atoms with Crippen molar-refractivity contribution in [3.63, 3.8) is 0 Å². The fraction of sp³-hybridized carbons (Fsp3) is 0.684. The first-order valence-corrected chi connectivity index (χ1v) is 9.70. The molecule has 7 nitrogen and oxygen atoms in total. The number of carbonyl (C=O) groups excluding carboxylic acids is 1. The van der Waals surface area contributed by atoms with Crippen LogP contribution in [0.1, 0.15) is 72.2 Å². The summed E-state index contributed by atoms with van der Waals surface area (Å²) in [5.41, 5.74) is 1.74. The topological polar surface area (TPSA) is 77.0 Å². The third kappa shape index (κ3) is 2.18. The third-order valence-electron chi connectivity index (χ3n) is 6.83. The van der Waals surface area contributed by atoms with Gasteiger partial charge in [-0.2, -0.15) is 10.1 Å². The average Bonchev–Trinajstić information content (AvgIpc) is 3.28. The fourth-order valence-electron chi connectivity index (χ4n) is 5.18. The maximum atomic E-state index is 13.4. The van der Waals surface area contributed by atoms with E-state index >= 15 is 0 Å². The van der Waals surface area contributed by atoms with Gasteiger partial charge in [0.05, 0.1) is 11.6 Å². The van der Waals surface area contributed by atoms with Gasteiger partial charge in [0.2, 0.25) is 5.89 Å². The molecule has 2 aromatic heterocycles. The van der Waals surface area contributed by atoms with Gasteiger partial charge < -0.3 is 9.42 Å². The second kappa shape index (κ2) is 5.66. The van der Waals surface area contributed by atoms with Crippen LogP contribution in [-0.4, -0.2) is 43.8 Å². The van der Waals surface area contributed by atoms with Crippen LogP contribution in [0.5, 0.6) is 0 Å². The SMILES string of the molecule is Cc1noc([C@]23CCC[C@H]2CN(C(=O)c2c(C4CCC4)cnn2C)C3)n1. The Morgan fingerprint density at radius 1 is 1.31 bits per heavy atom. The Labute approximate surface area is 152 Å². The number of hydrogen-bond donors (Lipinski definition) is 0. The largest absolute Gasteiger partial charge is 0.339 e. The Morgan fingerprint density at radius 3 is 2.85 bits per heavy atom. The molecule has 0 bridgehead atoms. The van der Waals surface area contributed by atoms with Crippen molar-refractivity contribution in [2.45, 2.75) is 56.8 Å². The third-order valence-corrected chi connectivity index (χ3v) is 6.83. The highest BCUT2D eigenvalue weighted by molar-refractivity contribution is 5.94. The van der Waals surface area contributed by atoms with E-state index in [1.807, 2.05) is 25.1 Å². The minimum Gasteiger partial charge on any atom is -0.339 e. The highest BCUT2D eigenvalue weighted by atomic mass is 16.5. The quantitative estimate of drug-likeness (QED) is 0.846. The number of fused-ring (bicyclic) bond motifs is 1. The number of aryl methyl sites for hydroxylation is 2. The molecular weight excluding hydrogens is 330 g/mol. The van der Waals surface area contributed by atoms with Crippen molar-refractivity contribution in [2.24, 2.45) is 13.0 Å². The highest BCUT2D eigenvalue weighted by Crippen LogP contribution is 2.50. The summed E-state index contributed by atoms with van der Waals surface area (Å²) in [5, 5.41) is 8.39. The second-order valence-electron chi connectivity index (χ2n) is 8.28. The summed E-state index contributed by atoms with van der Waals surface area (Å²) >= 11 is 0. The van der Waals surface area contributed by atoms with Crippen molar-refractivity contribution in [3.8, 4) is 0 Å². The zero-order chi connectivity index (χ0) is 17.9. The van der Waals surface area contributed by atoms with E-state index in [0.29, 0.717) is 24.2 Å². The van der Waals surface area contributed by atoms with Gasteiger partial charge >= 0.3 is 0 Å². The monoisotopic (exact) mass is 355 g/mol. The molecule has 0 N–H and O–H groups in total. The molecule has 2 aromatic rings. The maximum Gasteiger partial charge on any atom is 0.272 e. The number of aromatic nitrogens is 4. The number of hydrogen-bond acceptors (Lipinski definition) is 5. The van der Waals surface area contributed by atoms with Crippen LogP contribution in [0.25, 0.3) is 0 Å². The lowest BCUT2D eigenvalue weighted by molar-refractivity contribution is 0.0761. The van der Waals surface area contributed by atoms with Gasteiger partial charge in [0.1, 0.15) is 5.69 Å². The van der Waals surface area contributed by atoms with E-state index < -0.39 is 0 Å². The number of likely N-dealkylation sites (tertiary alicyclic amines) is 1. The summed E-state index contributed by atoms with van der Waals surface area (Å²) < 4.78 is 7.32. The Bertz CT molecular complexity index is 852. The summed E-state index contributed by atoms with van der Waals surface area (Å²) in [4.78, 5) is 19.9. The predicted molar refractivity (Wildman–Crippen MR) is 93.8 cm³/mol. The smallest absolute Gasteiger partial charge is 0.272 e. The normalized spacial score (nSPS) is 28.4. The van der Waals surface area contributed by atoms with Crippen LogP contribution in [0, 0.1) is 12.8 Å². The molecule has 2 saturated carbocycles. The minimum atomic E-state index is -0.161. The summed E-state index contributed by atoms with van der Waals surface area (Å²) in [6.45, 7) is 3.30. The molecule has 26 heavy (non-hydrogen) atoms. The van der Waals surface area contributed by atoms with Gasteiger partial charge in [-0.25, -0.2) is 0 Å². The van der Waals surface area contributed by atoms with Crippen LogP contribution < -0.4 is 0 Å². The molecule has 3 fully saturated rings. The summed E-state index contributed by atoms with van der Waals surface area (Å²) in [6.07, 6.45) is 8.77. The van der Waals surface area contributed by atoms with Crippen LogP contribution in [-0.2, 0) is 12.5 Å². The molecule has 2 aliphatic carbocycles. The summed E-state index contributed by atoms with van der Waals surface area (Å²) in [7, 11) is 1.88. The van der Waals surface area contributed by atoms with Crippen LogP contribution in [0.4, 0.5) is 0 Å². The average molecular weight is 355 g/mol. The molecule has 1 saturated heterocycles. The van der Waals surface area contributed by atoms with Crippen molar-refractivity contribution in [1.82, 2.24) is 24.8 Å². The number of carbonyl (C=O) groups is 1. The zero-order valence-electron chi connectivity index (χ0n) is 15.4. The predicted octanol–water partition coefficient (Wildman–Crippen LogP) is 2.57. The van der Waals surface area contributed by atoms with Gasteiger partial charge in [-0.15, -0.1) is 0 Å². The molecule has 2 atom stereocenters. The lowest BCUT2D eigenvalue weighted by Gasteiger charge is -2.27. The van der Waals surface area contributed by atoms with E-state index in [9.17, 15) is 4.79 Å². The van der Waals surface area contributed by atoms with E-state index in [1.54, 1.807) is 4.68 Å². The van der Waals surface area contributed by atoms with E-state index in [2.05, 4.69) is 15.2 Å². The van der Waals surface area contributed by atoms with Gasteiger partial charge in [-0.1, -0.05) is 18.0 Å². The van der Waals surface area contributed by atoms with E-state index in [0.717, 1.165) is 43.0 Å². The second-order valence-corrected chi connectivity index (χ2v) is 8.28. The first-order valence-electron chi connectivity index (χ1n) is 9.70. The molecule has 0 unspecified atom stereocenters. The standard InChI is InChI=1S/C19H25N5O2/c1-12-21-18(26-22-12)19-8-4-7-14(19)10-24(11-19)17(25)16-15(9-20-23(16)2)13-5-3-6-13/h9,13-14H,3-8,10-11H2,1-2H3/t14-,19-/m0/s1. The van der Waals surface area contributed by atoms with Gasteiger partial charge in [0.25, 0.3) is 5.91 Å². The summed E-state index contributed by atoms with van der Waals surface area (Å²) in [6, 6.07) is 0. The Kier molecular flexibility index (Phi) is 3.49. The molecule has 7 heteroatoms. The van der Waals surface area contributed by atoms with Gasteiger partial charge in [-0.05, 0) is 44.4 Å². The molecule has 138 valence electrons. The van der Waals surface area contributed by atoms with Crippen molar-refractivity contribution >= 4 is 5.91 Å². The number of amides is 1. The molecule has 5 rings (SSSR count). The lowest BCUT2D eigenvalue weighted by Crippen LogP contribution is -2.36. The number of nitrogens with zero attached hydrogens (tertiary/aromatic N) is 5. The van der Waals surface area contributed by atoms with Crippen molar-refractivity contribution in [3.05, 3.63) is 29.2 Å². The van der Waals surface area contributed by atoms with Crippen LogP contribution >= 0.6 is 0 Å². The van der Waals surface area contributed by atoms with Gasteiger partial charge in [0, 0.05) is 25.7 Å². The van der Waals surface area contributed by atoms with Gasteiger partial charge in [-0.3, -0.25) is 9.48 Å². The molecule has 1 amide bonds. The van der Waals surface area contributed by atoms with Crippen molar-refractivity contribution in [1.29, 1.82) is 0 Å². The molecule has 0 aromatic carbocycles. The Morgan fingerprint density at radius 2 is 2.15 bits per heavy atom. The fourth-order valence-corrected chi connectivity index (χ4v) is 5.18. The van der Waals surface area contributed by atoms with Gasteiger partial charge in [0.15, 0.2) is 5.82 Å². The first kappa shape index (κ1) is 16.0. The maximum absolute atomic E-state index is 13.4. The highest BCUT2D eigenvalue weighted by Gasteiger charge is 2.55. The number of rotatable bonds is 3. The Hall–Kier alpha value is -2.18.